The van der Waals surface area contributed by atoms with Crippen LogP contribution in [0.4, 0.5) is 11.4 Å². The van der Waals surface area contributed by atoms with Crippen LogP contribution in [0.15, 0.2) is 48.5 Å². The summed E-state index contributed by atoms with van der Waals surface area (Å²) >= 11 is -3.14. The number of hydrogen-bond donors (Lipinski definition) is 0. The summed E-state index contributed by atoms with van der Waals surface area (Å²) in [4.78, 5) is 4.30. The van der Waals surface area contributed by atoms with Crippen molar-refractivity contribution in [2.75, 3.05) is 66.2 Å². The van der Waals surface area contributed by atoms with Crippen LogP contribution in [0.2, 0.25) is 0 Å². The van der Waals surface area contributed by atoms with Gasteiger partial charge in [-0.3, -0.25) is 0 Å². The van der Waals surface area contributed by atoms with Gasteiger partial charge in [-0.05, 0) is 0 Å². The molecule has 0 aliphatic heterocycles. The molecular formula is C20H32N4Sn. The van der Waals surface area contributed by atoms with E-state index < -0.39 is 18.9 Å². The van der Waals surface area contributed by atoms with E-state index in [1.54, 1.807) is 0 Å². The molecule has 0 aliphatic rings. The van der Waals surface area contributed by atoms with Gasteiger partial charge in [-0.25, -0.2) is 0 Å². The Morgan fingerprint density at radius 3 is 0.960 bits per heavy atom. The Morgan fingerprint density at radius 1 is 0.480 bits per heavy atom. The Morgan fingerprint density at radius 2 is 0.760 bits per heavy atom. The van der Waals surface area contributed by atoms with Gasteiger partial charge >= 0.3 is 158 Å². The van der Waals surface area contributed by atoms with Gasteiger partial charge in [0.1, 0.15) is 0 Å². The number of benzene rings is 2. The molecular weight excluding hydrogens is 415 g/mol. The van der Waals surface area contributed by atoms with Crippen LogP contribution in [0.5, 0.6) is 0 Å². The van der Waals surface area contributed by atoms with E-state index in [4.69, 9.17) is 0 Å². The van der Waals surface area contributed by atoms with Crippen molar-refractivity contribution in [3.05, 3.63) is 48.5 Å². The van der Waals surface area contributed by atoms with Gasteiger partial charge in [0.25, 0.3) is 0 Å². The second-order valence-corrected chi connectivity index (χ2v) is 19.6. The summed E-state index contributed by atoms with van der Waals surface area (Å²) in [7, 11) is 17.3. The normalized spacial score (nSPS) is 11.9. The zero-order valence-electron chi connectivity index (χ0n) is 16.9. The standard InChI is InChI=1S/2C8H10N.2C2H6N.Sn/c2*1-9(2)8-6-4-3-5-7-8;2*1-3-2;/h2*4-7H,1-2H3;2*1-2H3;/q;;2*-1;+2. The van der Waals surface area contributed by atoms with Crippen molar-refractivity contribution < 1.29 is 0 Å². The molecule has 0 bridgehead atoms. The van der Waals surface area contributed by atoms with Gasteiger partial charge in [-0.2, -0.15) is 0 Å². The molecule has 0 N–H and O–H groups in total. The third kappa shape index (κ3) is 3.81. The van der Waals surface area contributed by atoms with Crippen molar-refractivity contribution in [3.63, 3.8) is 0 Å². The Kier molecular flexibility index (Phi) is 6.40. The Hall–Kier alpha value is -1.24. The fraction of sp³-hybridized carbons (Fsp3) is 0.400. The summed E-state index contributed by atoms with van der Waals surface area (Å²) in [6.07, 6.45) is 0. The molecule has 0 aromatic heterocycles. The molecule has 0 fully saturated rings. The second-order valence-electron chi connectivity index (χ2n) is 7.34. The van der Waals surface area contributed by atoms with Crippen molar-refractivity contribution in [2.45, 2.75) is 0 Å². The monoisotopic (exact) mass is 448 g/mol. The molecule has 0 radical (unpaired) electrons. The molecule has 2 rings (SSSR count). The van der Waals surface area contributed by atoms with Gasteiger partial charge in [0.2, 0.25) is 0 Å². The molecule has 0 heterocycles. The minimum atomic E-state index is -3.14. The van der Waals surface area contributed by atoms with E-state index in [0.717, 1.165) is 0 Å². The summed E-state index contributed by atoms with van der Waals surface area (Å²) in [5.74, 6) is 0. The van der Waals surface area contributed by atoms with Crippen LogP contribution in [-0.2, 0) is 0 Å². The SMILES string of the molecule is CN(C)c1cc[c]([Sn]([c]2ccc(N(C)C)cc2)([N](C)C)[N](C)C)cc1. The van der Waals surface area contributed by atoms with Crippen LogP contribution >= 0.6 is 0 Å². The molecule has 0 saturated carbocycles. The maximum absolute atomic E-state index is 3.14. The Bertz CT molecular complexity index is 614. The van der Waals surface area contributed by atoms with Gasteiger partial charge < -0.3 is 0 Å². The summed E-state index contributed by atoms with van der Waals surface area (Å²) in [5, 5.41) is 0. The molecule has 0 atom stereocenters. The van der Waals surface area contributed by atoms with Gasteiger partial charge in [0.15, 0.2) is 0 Å². The summed E-state index contributed by atoms with van der Waals surface area (Å²) < 4.78 is 7.91. The number of nitrogens with zero attached hydrogens (tertiary/aromatic N) is 4. The van der Waals surface area contributed by atoms with E-state index in [0.29, 0.717) is 0 Å². The molecule has 0 unspecified atom stereocenters. The van der Waals surface area contributed by atoms with Gasteiger partial charge in [-0.15, -0.1) is 0 Å². The first-order chi connectivity index (χ1) is 11.7. The molecule has 2 aromatic carbocycles. The fourth-order valence-corrected chi connectivity index (χ4v) is 16.3. The number of rotatable bonds is 6. The van der Waals surface area contributed by atoms with E-state index in [1.807, 2.05) is 0 Å². The Balaban J connectivity index is 2.61. The van der Waals surface area contributed by atoms with Gasteiger partial charge in [-0.1, -0.05) is 0 Å². The third-order valence-corrected chi connectivity index (χ3v) is 18.8. The molecule has 0 spiro atoms. The topological polar surface area (TPSA) is 13.0 Å². The van der Waals surface area contributed by atoms with Crippen LogP contribution in [0.3, 0.4) is 0 Å². The third-order valence-electron chi connectivity index (χ3n) is 4.87. The van der Waals surface area contributed by atoms with Gasteiger partial charge in [0.05, 0.1) is 0 Å². The van der Waals surface area contributed by atoms with Crippen molar-refractivity contribution in [3.8, 4) is 0 Å². The fourth-order valence-electron chi connectivity index (χ4n) is 3.58. The predicted molar refractivity (Wildman–Crippen MR) is 114 cm³/mol. The number of hydrogen-bond acceptors (Lipinski definition) is 4. The van der Waals surface area contributed by atoms with E-state index in [9.17, 15) is 0 Å². The van der Waals surface area contributed by atoms with Crippen molar-refractivity contribution in [1.82, 2.24) is 6.24 Å². The van der Waals surface area contributed by atoms with Gasteiger partial charge in [0, 0.05) is 0 Å². The van der Waals surface area contributed by atoms with Crippen LogP contribution in [0.1, 0.15) is 0 Å². The molecule has 0 saturated heterocycles. The van der Waals surface area contributed by atoms with Crippen LogP contribution < -0.4 is 17.0 Å². The first kappa shape index (κ1) is 20.1. The van der Waals surface area contributed by atoms with Crippen molar-refractivity contribution >= 4 is 37.5 Å². The van der Waals surface area contributed by atoms with Crippen LogP contribution in [0, 0.1) is 0 Å². The summed E-state index contributed by atoms with van der Waals surface area (Å²) in [6, 6.07) is 18.3. The molecule has 136 valence electrons. The maximum atomic E-state index is 2.49. The van der Waals surface area contributed by atoms with Crippen molar-refractivity contribution in [1.29, 1.82) is 0 Å². The van der Waals surface area contributed by atoms with Crippen LogP contribution in [-0.4, -0.2) is 81.5 Å². The van der Waals surface area contributed by atoms with E-state index in [2.05, 4.69) is 121 Å². The molecule has 2 aromatic rings. The van der Waals surface area contributed by atoms with E-state index >= 15 is 0 Å². The minimum absolute atomic E-state index is 1.24. The Labute approximate surface area is 158 Å². The molecule has 5 heteroatoms. The zero-order chi connectivity index (χ0) is 18.8. The molecule has 0 aliphatic carbocycles. The quantitative estimate of drug-likeness (QED) is 0.623. The zero-order valence-corrected chi connectivity index (χ0v) is 19.8. The summed E-state index contributed by atoms with van der Waals surface area (Å²) in [5.41, 5.74) is 2.48. The first-order valence-corrected chi connectivity index (χ1v) is 14.0. The average Bonchev–Trinajstić information content (AvgIpc) is 2.55. The van der Waals surface area contributed by atoms with E-state index in [1.165, 1.54) is 18.5 Å². The van der Waals surface area contributed by atoms with Crippen LogP contribution in [0.25, 0.3) is 0 Å². The predicted octanol–water partition coefficient (Wildman–Crippen LogP) is 1.50. The molecule has 4 nitrogen and oxygen atoms in total. The average molecular weight is 447 g/mol. The van der Waals surface area contributed by atoms with Crippen molar-refractivity contribution in [2.24, 2.45) is 0 Å². The first-order valence-electron chi connectivity index (χ1n) is 8.61. The number of anilines is 2. The summed E-state index contributed by atoms with van der Waals surface area (Å²) in [6.45, 7) is 0. The second kappa shape index (κ2) is 7.97. The molecule has 25 heavy (non-hydrogen) atoms. The van der Waals surface area contributed by atoms with E-state index in [-0.39, 0.29) is 0 Å². The molecule has 0 amide bonds.